The van der Waals surface area contributed by atoms with Crippen LogP contribution in [0.2, 0.25) is 0 Å². The molecule has 1 aliphatic heterocycles. The van der Waals surface area contributed by atoms with E-state index in [0.29, 0.717) is 19.5 Å². The van der Waals surface area contributed by atoms with E-state index in [2.05, 4.69) is 5.32 Å². The maximum absolute atomic E-state index is 11.9. The zero-order chi connectivity index (χ0) is 14.0. The van der Waals surface area contributed by atoms with Gasteiger partial charge in [-0.1, -0.05) is 13.8 Å². The molecule has 1 rings (SSSR count). The van der Waals surface area contributed by atoms with E-state index < -0.39 is 15.6 Å². The van der Waals surface area contributed by atoms with Crippen LogP contribution in [0.1, 0.15) is 27.2 Å². The molecule has 8 heteroatoms. The van der Waals surface area contributed by atoms with E-state index in [-0.39, 0.29) is 36.5 Å². The molecule has 1 saturated heterocycles. The third-order valence-electron chi connectivity index (χ3n) is 3.65. The summed E-state index contributed by atoms with van der Waals surface area (Å²) in [5.41, 5.74) is 5.17. The lowest BCUT2D eigenvalue weighted by atomic mass is 9.88. The SMILES string of the molecule is CC(C)C(C)(CN)NC(=O)CN1CCCS1(=O)=O.Cl. The van der Waals surface area contributed by atoms with Gasteiger partial charge in [-0.25, -0.2) is 8.42 Å². The summed E-state index contributed by atoms with van der Waals surface area (Å²) in [5, 5.41) is 2.84. The van der Waals surface area contributed by atoms with Crippen molar-refractivity contribution in [2.75, 3.05) is 25.4 Å². The van der Waals surface area contributed by atoms with Crippen LogP contribution in [0.25, 0.3) is 0 Å². The first kappa shape index (κ1) is 18.6. The van der Waals surface area contributed by atoms with Gasteiger partial charge in [0.2, 0.25) is 15.9 Å². The average Bonchev–Trinajstić information content (AvgIpc) is 2.57. The van der Waals surface area contributed by atoms with Crippen molar-refractivity contribution in [3.05, 3.63) is 0 Å². The molecule has 1 heterocycles. The van der Waals surface area contributed by atoms with Crippen molar-refractivity contribution in [2.45, 2.75) is 32.7 Å². The van der Waals surface area contributed by atoms with E-state index in [1.165, 1.54) is 4.31 Å². The Bertz CT molecular complexity index is 413. The first-order valence-corrected chi connectivity index (χ1v) is 7.81. The Morgan fingerprint density at radius 3 is 2.42 bits per heavy atom. The molecule has 1 aliphatic rings. The van der Waals surface area contributed by atoms with Crippen molar-refractivity contribution in [1.82, 2.24) is 9.62 Å². The van der Waals surface area contributed by atoms with E-state index >= 15 is 0 Å². The lowest BCUT2D eigenvalue weighted by Crippen LogP contribution is -2.57. The first-order valence-electron chi connectivity index (χ1n) is 6.20. The molecule has 1 fully saturated rings. The van der Waals surface area contributed by atoms with Gasteiger partial charge in [0.15, 0.2) is 0 Å². The van der Waals surface area contributed by atoms with Gasteiger partial charge in [0.05, 0.1) is 17.8 Å². The van der Waals surface area contributed by atoms with Crippen molar-refractivity contribution in [3.8, 4) is 0 Å². The molecule has 0 aromatic heterocycles. The third kappa shape index (κ3) is 4.59. The molecule has 114 valence electrons. The Kier molecular flexibility index (Phi) is 6.74. The minimum Gasteiger partial charge on any atom is -0.348 e. The highest BCUT2D eigenvalue weighted by Gasteiger charge is 2.33. The molecule has 0 aromatic rings. The summed E-state index contributed by atoms with van der Waals surface area (Å²) in [6.07, 6.45) is 0.591. The van der Waals surface area contributed by atoms with Gasteiger partial charge in [-0.15, -0.1) is 12.4 Å². The average molecular weight is 314 g/mol. The molecule has 1 unspecified atom stereocenters. The normalized spacial score (nSPS) is 21.7. The Hall–Kier alpha value is -0.370. The first-order chi connectivity index (χ1) is 8.21. The van der Waals surface area contributed by atoms with Gasteiger partial charge in [-0.05, 0) is 19.3 Å². The number of rotatable bonds is 5. The van der Waals surface area contributed by atoms with Crippen LogP contribution in [-0.2, 0) is 14.8 Å². The van der Waals surface area contributed by atoms with Crippen LogP contribution in [0.3, 0.4) is 0 Å². The number of nitrogens with one attached hydrogen (secondary N) is 1. The third-order valence-corrected chi connectivity index (χ3v) is 5.55. The lowest BCUT2D eigenvalue weighted by Gasteiger charge is -2.34. The van der Waals surface area contributed by atoms with Crippen LogP contribution < -0.4 is 11.1 Å². The Morgan fingerprint density at radius 2 is 2.05 bits per heavy atom. The fourth-order valence-electron chi connectivity index (χ4n) is 1.82. The minimum atomic E-state index is -3.22. The predicted octanol–water partition coefficient (Wildman–Crippen LogP) is -0.0667. The molecule has 0 radical (unpaired) electrons. The number of hydrogen-bond acceptors (Lipinski definition) is 4. The standard InChI is InChI=1S/C11H23N3O3S.ClH/c1-9(2)11(3,8-12)13-10(15)7-14-5-4-6-18(14,16)17;/h9H,4-8,12H2,1-3H3,(H,13,15);1H. The molecule has 3 N–H and O–H groups in total. The highest BCUT2D eigenvalue weighted by molar-refractivity contribution is 7.89. The summed E-state index contributed by atoms with van der Waals surface area (Å²) in [7, 11) is -3.22. The molecule has 19 heavy (non-hydrogen) atoms. The number of nitrogens with two attached hydrogens (primary N) is 1. The van der Waals surface area contributed by atoms with Crippen LogP contribution in [0.5, 0.6) is 0 Å². The van der Waals surface area contributed by atoms with Gasteiger partial charge in [-0.3, -0.25) is 4.79 Å². The molecule has 0 aliphatic carbocycles. The largest absolute Gasteiger partial charge is 0.348 e. The van der Waals surface area contributed by atoms with Crippen LogP contribution in [0, 0.1) is 5.92 Å². The molecule has 0 spiro atoms. The van der Waals surface area contributed by atoms with Crippen LogP contribution >= 0.6 is 12.4 Å². The zero-order valence-electron chi connectivity index (χ0n) is 11.7. The Morgan fingerprint density at radius 1 is 1.47 bits per heavy atom. The number of sulfonamides is 1. The van der Waals surface area contributed by atoms with Crippen molar-refractivity contribution in [2.24, 2.45) is 11.7 Å². The van der Waals surface area contributed by atoms with E-state index in [1.807, 2.05) is 20.8 Å². The fraction of sp³-hybridized carbons (Fsp3) is 0.909. The van der Waals surface area contributed by atoms with Crippen molar-refractivity contribution in [3.63, 3.8) is 0 Å². The van der Waals surface area contributed by atoms with Crippen molar-refractivity contribution in [1.29, 1.82) is 0 Å². The summed E-state index contributed by atoms with van der Waals surface area (Å²) in [6.45, 7) is 6.46. The zero-order valence-corrected chi connectivity index (χ0v) is 13.3. The van der Waals surface area contributed by atoms with E-state index in [9.17, 15) is 13.2 Å². The summed E-state index contributed by atoms with van der Waals surface area (Å²) in [5.74, 6) is 0.0299. The molecule has 6 nitrogen and oxygen atoms in total. The lowest BCUT2D eigenvalue weighted by molar-refractivity contribution is -0.123. The Balaban J connectivity index is 0.00000324. The summed E-state index contributed by atoms with van der Waals surface area (Å²) >= 11 is 0. The highest BCUT2D eigenvalue weighted by Crippen LogP contribution is 2.16. The molecule has 0 saturated carbocycles. The summed E-state index contributed by atoms with van der Waals surface area (Å²) in [4.78, 5) is 11.9. The van der Waals surface area contributed by atoms with E-state index in [1.54, 1.807) is 0 Å². The van der Waals surface area contributed by atoms with Gasteiger partial charge in [0.1, 0.15) is 0 Å². The van der Waals surface area contributed by atoms with Crippen LogP contribution in [-0.4, -0.2) is 49.6 Å². The van der Waals surface area contributed by atoms with Gasteiger partial charge >= 0.3 is 0 Å². The second kappa shape index (κ2) is 6.88. The van der Waals surface area contributed by atoms with Crippen LogP contribution in [0.4, 0.5) is 0 Å². The Labute approximate surface area is 121 Å². The van der Waals surface area contributed by atoms with Crippen LogP contribution in [0.15, 0.2) is 0 Å². The second-order valence-corrected chi connectivity index (χ2v) is 7.42. The predicted molar refractivity (Wildman–Crippen MR) is 77.7 cm³/mol. The topological polar surface area (TPSA) is 92.5 Å². The minimum absolute atomic E-state index is 0. The van der Waals surface area contributed by atoms with Gasteiger partial charge in [-0.2, -0.15) is 4.31 Å². The molecule has 1 atom stereocenters. The maximum atomic E-state index is 11.9. The molecule has 0 bridgehead atoms. The van der Waals surface area contributed by atoms with Crippen molar-refractivity contribution < 1.29 is 13.2 Å². The number of carbonyl (C=O) groups excluding carboxylic acids is 1. The molecule has 0 aromatic carbocycles. The maximum Gasteiger partial charge on any atom is 0.235 e. The van der Waals surface area contributed by atoms with Gasteiger partial charge in [0, 0.05) is 13.1 Å². The smallest absolute Gasteiger partial charge is 0.235 e. The quantitative estimate of drug-likeness (QED) is 0.743. The number of carbonyl (C=O) groups is 1. The van der Waals surface area contributed by atoms with Crippen molar-refractivity contribution >= 4 is 28.3 Å². The number of amides is 1. The van der Waals surface area contributed by atoms with E-state index in [4.69, 9.17) is 5.73 Å². The fourth-order valence-corrected chi connectivity index (χ4v) is 3.29. The number of nitrogens with zero attached hydrogens (tertiary/aromatic N) is 1. The number of halogens is 1. The van der Waals surface area contributed by atoms with Gasteiger partial charge < -0.3 is 11.1 Å². The second-order valence-electron chi connectivity index (χ2n) is 5.33. The summed E-state index contributed by atoms with van der Waals surface area (Å²) in [6, 6.07) is 0. The monoisotopic (exact) mass is 313 g/mol. The van der Waals surface area contributed by atoms with E-state index in [0.717, 1.165) is 0 Å². The number of hydrogen-bond donors (Lipinski definition) is 2. The molecular weight excluding hydrogens is 290 g/mol. The summed E-state index contributed by atoms with van der Waals surface area (Å²) < 4.78 is 24.4. The highest BCUT2D eigenvalue weighted by atomic mass is 35.5. The molecule has 1 amide bonds. The van der Waals surface area contributed by atoms with Gasteiger partial charge in [0.25, 0.3) is 0 Å². The molecular formula is C11H24ClN3O3S.